The van der Waals surface area contributed by atoms with Crippen molar-refractivity contribution < 1.29 is 19.3 Å². The maximum absolute atomic E-state index is 10.1. The van der Waals surface area contributed by atoms with E-state index in [0.717, 1.165) is 44.5 Å². The summed E-state index contributed by atoms with van der Waals surface area (Å²) in [5, 5.41) is 16.6. The van der Waals surface area contributed by atoms with E-state index in [2.05, 4.69) is 15.6 Å². The lowest BCUT2D eigenvalue weighted by molar-refractivity contribution is 0.0168. The van der Waals surface area contributed by atoms with Gasteiger partial charge in [0, 0.05) is 31.9 Å². The van der Waals surface area contributed by atoms with Crippen molar-refractivity contribution in [3.8, 4) is 11.5 Å². The number of benzene rings is 1. The molecule has 1 heterocycles. The highest BCUT2D eigenvalue weighted by Crippen LogP contribution is 2.29. The Morgan fingerprint density at radius 1 is 1.38 bits per heavy atom. The molecule has 3 N–H and O–H groups in total. The molecule has 1 aliphatic heterocycles. The number of para-hydroxylation sites is 1. The second-order valence-corrected chi connectivity index (χ2v) is 6.15. The molecule has 0 spiro atoms. The van der Waals surface area contributed by atoms with Gasteiger partial charge in [0.25, 0.3) is 0 Å². The molecule has 26 heavy (non-hydrogen) atoms. The molecule has 1 saturated heterocycles. The number of rotatable bonds is 10. The molecule has 0 bridgehead atoms. The van der Waals surface area contributed by atoms with Crippen LogP contribution in [0.5, 0.6) is 11.5 Å². The number of ether oxygens (including phenoxy) is 3. The number of hydrogen-bond acceptors (Lipinski definition) is 5. The van der Waals surface area contributed by atoms with Gasteiger partial charge >= 0.3 is 0 Å². The van der Waals surface area contributed by atoms with Crippen LogP contribution in [0.15, 0.2) is 23.2 Å². The van der Waals surface area contributed by atoms with E-state index in [9.17, 15) is 5.11 Å². The Hall–Kier alpha value is -1.99. The SMILES string of the molecule is CCNC(=NCc1cccc(OC)c1O)NCCCOCC1CCCO1. The molecular weight excluding hydrogens is 334 g/mol. The molecule has 1 unspecified atom stereocenters. The summed E-state index contributed by atoms with van der Waals surface area (Å²) in [6, 6.07) is 5.40. The fourth-order valence-electron chi connectivity index (χ4n) is 2.74. The van der Waals surface area contributed by atoms with Gasteiger partial charge in [0.2, 0.25) is 0 Å². The van der Waals surface area contributed by atoms with Crippen LogP contribution in [0.2, 0.25) is 0 Å². The van der Waals surface area contributed by atoms with Crippen LogP contribution in [0, 0.1) is 0 Å². The lowest BCUT2D eigenvalue weighted by Gasteiger charge is -2.13. The molecule has 146 valence electrons. The first kappa shape index (κ1) is 20.3. The Bertz CT molecular complexity index is 560. The van der Waals surface area contributed by atoms with Gasteiger partial charge in [-0.25, -0.2) is 4.99 Å². The number of nitrogens with zero attached hydrogens (tertiary/aromatic N) is 1. The summed E-state index contributed by atoms with van der Waals surface area (Å²) in [6.45, 7) is 6.17. The quantitative estimate of drug-likeness (QED) is 0.334. The molecule has 0 radical (unpaired) electrons. The summed E-state index contributed by atoms with van der Waals surface area (Å²) in [6.07, 6.45) is 3.41. The highest BCUT2D eigenvalue weighted by atomic mass is 16.5. The normalized spacial score (nSPS) is 17.3. The van der Waals surface area contributed by atoms with Crippen LogP contribution < -0.4 is 15.4 Å². The van der Waals surface area contributed by atoms with Crippen molar-refractivity contribution in [2.45, 2.75) is 38.8 Å². The van der Waals surface area contributed by atoms with Gasteiger partial charge in [-0.15, -0.1) is 0 Å². The van der Waals surface area contributed by atoms with E-state index < -0.39 is 0 Å². The number of aliphatic imine (C=N–C) groups is 1. The molecule has 7 nitrogen and oxygen atoms in total. The minimum atomic E-state index is 0.136. The average Bonchev–Trinajstić information content (AvgIpc) is 3.17. The molecule has 0 aromatic heterocycles. The molecule has 1 fully saturated rings. The first-order valence-electron chi connectivity index (χ1n) is 9.31. The van der Waals surface area contributed by atoms with Crippen molar-refractivity contribution >= 4 is 5.96 Å². The van der Waals surface area contributed by atoms with Gasteiger partial charge in [0.15, 0.2) is 17.5 Å². The Kier molecular flexibility index (Phi) is 9.06. The summed E-state index contributed by atoms with van der Waals surface area (Å²) in [7, 11) is 1.54. The number of phenols is 1. The summed E-state index contributed by atoms with van der Waals surface area (Å²) in [4.78, 5) is 4.52. The standard InChI is InChI=1S/C19H31N3O4/c1-3-20-19(21-10-6-11-25-14-16-8-5-12-26-16)22-13-15-7-4-9-17(24-2)18(15)23/h4,7,9,16,23H,3,5-6,8,10-14H2,1-2H3,(H2,20,21,22). The molecule has 1 aromatic rings. The van der Waals surface area contributed by atoms with Crippen LogP contribution in [0.1, 0.15) is 31.7 Å². The second-order valence-electron chi connectivity index (χ2n) is 6.15. The van der Waals surface area contributed by atoms with Crippen LogP contribution in [0.3, 0.4) is 0 Å². The fraction of sp³-hybridized carbons (Fsp3) is 0.632. The number of phenolic OH excluding ortho intramolecular Hbond substituents is 1. The first-order valence-corrected chi connectivity index (χ1v) is 9.31. The van der Waals surface area contributed by atoms with Gasteiger partial charge in [-0.3, -0.25) is 0 Å². The molecule has 1 aromatic carbocycles. The minimum Gasteiger partial charge on any atom is -0.504 e. The monoisotopic (exact) mass is 365 g/mol. The molecule has 0 saturated carbocycles. The van der Waals surface area contributed by atoms with Crippen LogP contribution in [0.4, 0.5) is 0 Å². The summed E-state index contributed by atoms with van der Waals surface area (Å²) in [5.41, 5.74) is 0.724. The summed E-state index contributed by atoms with van der Waals surface area (Å²) in [5.74, 6) is 1.31. The van der Waals surface area contributed by atoms with Crippen molar-refractivity contribution in [3.63, 3.8) is 0 Å². The van der Waals surface area contributed by atoms with Crippen LogP contribution in [-0.2, 0) is 16.0 Å². The van der Waals surface area contributed by atoms with Gasteiger partial charge in [0.05, 0.1) is 26.4 Å². The zero-order valence-corrected chi connectivity index (χ0v) is 15.8. The zero-order chi connectivity index (χ0) is 18.6. The average molecular weight is 365 g/mol. The third-order valence-electron chi connectivity index (χ3n) is 4.14. The number of nitrogens with one attached hydrogen (secondary N) is 2. The maximum Gasteiger partial charge on any atom is 0.191 e. The van der Waals surface area contributed by atoms with Crippen molar-refractivity contribution in [2.24, 2.45) is 4.99 Å². The second kappa shape index (κ2) is 11.6. The molecule has 7 heteroatoms. The number of methoxy groups -OCH3 is 1. The third-order valence-corrected chi connectivity index (χ3v) is 4.14. The van der Waals surface area contributed by atoms with Crippen LogP contribution in [0.25, 0.3) is 0 Å². The topological polar surface area (TPSA) is 84.3 Å². The number of guanidine groups is 1. The first-order chi connectivity index (χ1) is 12.7. The lowest BCUT2D eigenvalue weighted by Crippen LogP contribution is -2.38. The predicted octanol–water partition coefficient (Wildman–Crippen LogP) is 2.04. The van der Waals surface area contributed by atoms with E-state index in [-0.39, 0.29) is 11.9 Å². The van der Waals surface area contributed by atoms with Gasteiger partial charge in [0.1, 0.15) is 0 Å². The molecule has 1 atom stereocenters. The van der Waals surface area contributed by atoms with E-state index >= 15 is 0 Å². The smallest absolute Gasteiger partial charge is 0.191 e. The van der Waals surface area contributed by atoms with Crippen molar-refractivity contribution in [3.05, 3.63) is 23.8 Å². The van der Waals surface area contributed by atoms with Crippen LogP contribution in [-0.4, -0.2) is 57.2 Å². The van der Waals surface area contributed by atoms with Crippen molar-refractivity contribution in [2.75, 3.05) is 40.0 Å². The maximum atomic E-state index is 10.1. The van der Waals surface area contributed by atoms with Gasteiger partial charge in [-0.1, -0.05) is 12.1 Å². The van der Waals surface area contributed by atoms with Crippen LogP contribution >= 0.6 is 0 Å². The molecule has 2 rings (SSSR count). The van der Waals surface area contributed by atoms with E-state index in [1.54, 1.807) is 6.07 Å². The Morgan fingerprint density at radius 2 is 2.27 bits per heavy atom. The van der Waals surface area contributed by atoms with Gasteiger partial charge in [-0.05, 0) is 32.3 Å². The Balaban J connectivity index is 1.72. The minimum absolute atomic E-state index is 0.136. The highest BCUT2D eigenvalue weighted by Gasteiger charge is 2.14. The number of aromatic hydroxyl groups is 1. The van der Waals surface area contributed by atoms with Gasteiger partial charge in [-0.2, -0.15) is 0 Å². The highest BCUT2D eigenvalue weighted by molar-refractivity contribution is 5.79. The van der Waals surface area contributed by atoms with E-state index in [1.165, 1.54) is 7.11 Å². The van der Waals surface area contributed by atoms with Crippen molar-refractivity contribution in [1.82, 2.24) is 10.6 Å². The summed E-state index contributed by atoms with van der Waals surface area (Å²) >= 11 is 0. The van der Waals surface area contributed by atoms with Gasteiger partial charge < -0.3 is 30.0 Å². The zero-order valence-electron chi connectivity index (χ0n) is 15.8. The van der Waals surface area contributed by atoms with Crippen molar-refractivity contribution in [1.29, 1.82) is 0 Å². The molecule has 1 aliphatic rings. The Labute approximate surface area is 155 Å². The lowest BCUT2D eigenvalue weighted by atomic mass is 10.2. The fourth-order valence-corrected chi connectivity index (χ4v) is 2.74. The summed E-state index contributed by atoms with van der Waals surface area (Å²) < 4.78 is 16.3. The van der Waals surface area contributed by atoms with E-state index in [1.807, 2.05) is 19.1 Å². The Morgan fingerprint density at radius 3 is 3.00 bits per heavy atom. The molecule has 0 amide bonds. The largest absolute Gasteiger partial charge is 0.504 e. The van der Waals surface area contributed by atoms with E-state index in [0.29, 0.717) is 31.5 Å². The predicted molar refractivity (Wildman–Crippen MR) is 102 cm³/mol. The van der Waals surface area contributed by atoms with E-state index in [4.69, 9.17) is 14.2 Å². The third kappa shape index (κ3) is 6.72. The molecular formula is C19H31N3O4. The number of hydrogen-bond donors (Lipinski definition) is 3. The molecule has 0 aliphatic carbocycles.